The van der Waals surface area contributed by atoms with Crippen LogP contribution in [0.4, 0.5) is 5.95 Å². The third-order valence-electron chi connectivity index (χ3n) is 4.51. The Hall–Kier alpha value is -2.64. The summed E-state index contributed by atoms with van der Waals surface area (Å²) in [6.07, 6.45) is 7.50. The van der Waals surface area contributed by atoms with Crippen LogP contribution in [0, 0.1) is 0 Å². The Morgan fingerprint density at radius 3 is 2.43 bits per heavy atom. The molecule has 0 atom stereocenters. The first kappa shape index (κ1) is 18.7. The number of hydrogen-bond donors (Lipinski definition) is 0. The van der Waals surface area contributed by atoms with Gasteiger partial charge in [-0.1, -0.05) is 31.2 Å². The van der Waals surface area contributed by atoms with Gasteiger partial charge in [-0.15, -0.1) is 22.7 Å². The van der Waals surface area contributed by atoms with Gasteiger partial charge >= 0.3 is 0 Å². The largest absolute Gasteiger partial charge is 0.336 e. The first-order valence-corrected chi connectivity index (χ1v) is 11.1. The lowest BCUT2D eigenvalue weighted by Crippen LogP contribution is -2.27. The number of rotatable bonds is 8. The van der Waals surface area contributed by atoms with Crippen LogP contribution in [0.5, 0.6) is 0 Å². The van der Waals surface area contributed by atoms with Crippen molar-refractivity contribution in [2.45, 2.75) is 26.3 Å². The Morgan fingerprint density at radius 1 is 0.964 bits per heavy atom. The Kier molecular flexibility index (Phi) is 6.04. The number of thiazole rings is 2. The van der Waals surface area contributed by atoms with E-state index in [4.69, 9.17) is 0 Å². The van der Waals surface area contributed by atoms with E-state index in [0.29, 0.717) is 0 Å². The first-order chi connectivity index (χ1) is 13.8. The lowest BCUT2D eigenvalue weighted by atomic mass is 10.1. The summed E-state index contributed by atoms with van der Waals surface area (Å²) in [7, 11) is 0. The average Bonchev–Trinajstić information content (AvgIpc) is 3.46. The molecule has 0 unspecified atom stereocenters. The van der Waals surface area contributed by atoms with Gasteiger partial charge in [0.2, 0.25) is 5.95 Å². The molecule has 3 aromatic heterocycles. The topological polar surface area (TPSA) is 54.8 Å². The standard InChI is InChI=1S/C21H21N5S2/c1-2-16-11-23-21(24-12-16)26(9-7-19-14-27-15-25-19)13-17-3-5-18(6-4-17)20-22-8-10-28-20/h3-6,8,10-12,14-15H,2,7,9,13H2,1H3. The van der Waals surface area contributed by atoms with Crippen LogP contribution in [0.25, 0.3) is 10.6 Å². The van der Waals surface area contributed by atoms with Crippen molar-refractivity contribution >= 4 is 28.6 Å². The SMILES string of the molecule is CCc1cnc(N(CCc2cscn2)Cc2ccc(-c3nccs3)cc2)nc1. The normalized spacial score (nSPS) is 10.9. The molecule has 0 bridgehead atoms. The molecule has 0 spiro atoms. The van der Waals surface area contributed by atoms with E-state index in [2.05, 4.69) is 61.4 Å². The summed E-state index contributed by atoms with van der Waals surface area (Å²) in [5.41, 5.74) is 6.51. The second kappa shape index (κ2) is 9.03. The quantitative estimate of drug-likeness (QED) is 0.417. The van der Waals surface area contributed by atoms with Gasteiger partial charge in [0, 0.05) is 54.4 Å². The van der Waals surface area contributed by atoms with Gasteiger partial charge in [0.05, 0.1) is 11.2 Å². The molecule has 5 nitrogen and oxygen atoms in total. The Bertz CT molecular complexity index is 965. The molecular weight excluding hydrogens is 386 g/mol. The summed E-state index contributed by atoms with van der Waals surface area (Å²) in [5, 5.41) is 5.15. The van der Waals surface area contributed by atoms with Crippen molar-refractivity contribution in [1.29, 1.82) is 0 Å². The van der Waals surface area contributed by atoms with E-state index < -0.39 is 0 Å². The number of anilines is 1. The maximum Gasteiger partial charge on any atom is 0.225 e. The molecule has 0 aliphatic heterocycles. The van der Waals surface area contributed by atoms with Crippen LogP contribution < -0.4 is 4.90 Å². The fourth-order valence-corrected chi connectivity index (χ4v) is 4.13. The minimum atomic E-state index is 0.758. The maximum absolute atomic E-state index is 4.59. The highest BCUT2D eigenvalue weighted by Crippen LogP contribution is 2.23. The smallest absolute Gasteiger partial charge is 0.225 e. The Labute approximate surface area is 172 Å². The Balaban J connectivity index is 1.51. The van der Waals surface area contributed by atoms with Crippen LogP contribution in [0.2, 0.25) is 0 Å². The molecule has 1 aromatic carbocycles. The molecule has 28 heavy (non-hydrogen) atoms. The van der Waals surface area contributed by atoms with Crippen LogP contribution >= 0.6 is 22.7 Å². The molecule has 4 rings (SSSR count). The van der Waals surface area contributed by atoms with Crippen LogP contribution in [-0.2, 0) is 19.4 Å². The molecule has 0 saturated carbocycles. The van der Waals surface area contributed by atoms with Crippen LogP contribution in [0.15, 0.2) is 59.1 Å². The van der Waals surface area contributed by atoms with Crippen molar-refractivity contribution in [3.63, 3.8) is 0 Å². The molecule has 0 radical (unpaired) electrons. The maximum atomic E-state index is 4.59. The van der Waals surface area contributed by atoms with Gasteiger partial charge in [0.1, 0.15) is 5.01 Å². The van der Waals surface area contributed by atoms with Gasteiger partial charge in [-0.2, -0.15) is 0 Å². The number of aromatic nitrogens is 4. The fraction of sp³-hybridized carbons (Fsp3) is 0.238. The van der Waals surface area contributed by atoms with Crippen molar-refractivity contribution < 1.29 is 0 Å². The second-order valence-electron chi connectivity index (χ2n) is 6.43. The number of aryl methyl sites for hydroxylation is 1. The molecule has 0 saturated heterocycles. The summed E-state index contributed by atoms with van der Waals surface area (Å²) >= 11 is 3.29. The van der Waals surface area contributed by atoms with Crippen molar-refractivity contribution in [1.82, 2.24) is 19.9 Å². The molecular formula is C21H21N5S2. The highest BCUT2D eigenvalue weighted by molar-refractivity contribution is 7.13. The van der Waals surface area contributed by atoms with Gasteiger partial charge in [-0.05, 0) is 17.5 Å². The molecule has 0 aliphatic carbocycles. The van der Waals surface area contributed by atoms with Gasteiger partial charge in [0.25, 0.3) is 0 Å². The number of benzene rings is 1. The van der Waals surface area contributed by atoms with Crippen molar-refractivity contribution in [3.8, 4) is 10.6 Å². The van der Waals surface area contributed by atoms with Gasteiger partial charge in [-0.3, -0.25) is 0 Å². The molecule has 0 amide bonds. The summed E-state index contributed by atoms with van der Waals surface area (Å²) in [5.74, 6) is 0.761. The first-order valence-electron chi connectivity index (χ1n) is 9.23. The highest BCUT2D eigenvalue weighted by Gasteiger charge is 2.12. The van der Waals surface area contributed by atoms with Crippen molar-refractivity contribution in [3.05, 3.63) is 75.9 Å². The average molecular weight is 408 g/mol. The van der Waals surface area contributed by atoms with Crippen LogP contribution in [0.1, 0.15) is 23.7 Å². The zero-order valence-corrected chi connectivity index (χ0v) is 17.3. The minimum Gasteiger partial charge on any atom is -0.336 e. The van der Waals surface area contributed by atoms with E-state index in [1.54, 1.807) is 22.7 Å². The molecule has 0 N–H and O–H groups in total. The van der Waals surface area contributed by atoms with Crippen LogP contribution in [0.3, 0.4) is 0 Å². The third kappa shape index (κ3) is 4.61. The molecule has 3 heterocycles. The summed E-state index contributed by atoms with van der Waals surface area (Å²) in [4.78, 5) is 20.2. The zero-order chi connectivity index (χ0) is 19.2. The van der Waals surface area contributed by atoms with Gasteiger partial charge in [-0.25, -0.2) is 19.9 Å². The number of nitrogens with zero attached hydrogens (tertiary/aromatic N) is 5. The van der Waals surface area contributed by atoms with E-state index in [1.807, 2.05) is 29.5 Å². The fourth-order valence-electron chi connectivity index (χ4n) is 2.89. The monoisotopic (exact) mass is 407 g/mol. The summed E-state index contributed by atoms with van der Waals surface area (Å²) in [6.45, 7) is 3.69. The summed E-state index contributed by atoms with van der Waals surface area (Å²) < 4.78 is 0. The molecule has 7 heteroatoms. The van der Waals surface area contributed by atoms with Gasteiger partial charge < -0.3 is 4.90 Å². The lowest BCUT2D eigenvalue weighted by molar-refractivity contribution is 0.743. The van der Waals surface area contributed by atoms with E-state index >= 15 is 0 Å². The third-order valence-corrected chi connectivity index (χ3v) is 5.97. The minimum absolute atomic E-state index is 0.758. The predicted molar refractivity (Wildman–Crippen MR) is 116 cm³/mol. The highest BCUT2D eigenvalue weighted by atomic mass is 32.1. The Morgan fingerprint density at radius 2 is 1.79 bits per heavy atom. The van der Waals surface area contributed by atoms with Crippen LogP contribution in [-0.4, -0.2) is 26.5 Å². The van der Waals surface area contributed by atoms with Crippen molar-refractivity contribution in [2.75, 3.05) is 11.4 Å². The van der Waals surface area contributed by atoms with E-state index in [1.165, 1.54) is 5.56 Å². The summed E-state index contributed by atoms with van der Waals surface area (Å²) in [6, 6.07) is 8.58. The van der Waals surface area contributed by atoms with E-state index in [-0.39, 0.29) is 0 Å². The second-order valence-corrected chi connectivity index (χ2v) is 8.04. The van der Waals surface area contributed by atoms with E-state index in [0.717, 1.165) is 53.7 Å². The lowest BCUT2D eigenvalue weighted by Gasteiger charge is -2.22. The molecule has 0 aliphatic rings. The van der Waals surface area contributed by atoms with E-state index in [9.17, 15) is 0 Å². The number of hydrogen-bond acceptors (Lipinski definition) is 7. The molecule has 4 aromatic rings. The predicted octanol–water partition coefficient (Wildman–Crippen LogP) is 4.87. The molecule has 142 valence electrons. The zero-order valence-electron chi connectivity index (χ0n) is 15.7. The van der Waals surface area contributed by atoms with Gasteiger partial charge in [0.15, 0.2) is 0 Å². The molecule has 0 fully saturated rings. The van der Waals surface area contributed by atoms with Crippen molar-refractivity contribution in [2.24, 2.45) is 0 Å².